The molecule has 0 aliphatic carbocycles. The van der Waals surface area contributed by atoms with Gasteiger partial charge < -0.3 is 30.5 Å². The van der Waals surface area contributed by atoms with Gasteiger partial charge in [-0.05, 0) is 78.6 Å². The van der Waals surface area contributed by atoms with Crippen LogP contribution in [0.15, 0.2) is 48.5 Å². The number of hydrogen-bond acceptors (Lipinski definition) is 8. The van der Waals surface area contributed by atoms with Crippen molar-refractivity contribution < 1.29 is 29.0 Å². The molecule has 2 aromatic rings. The van der Waals surface area contributed by atoms with Gasteiger partial charge in [0.15, 0.2) is 11.5 Å². The molecule has 4 N–H and O–H groups in total. The molecule has 0 aliphatic heterocycles. The molecule has 1 unspecified atom stereocenters. The summed E-state index contributed by atoms with van der Waals surface area (Å²) < 4.78 is 11.1. The van der Waals surface area contributed by atoms with Gasteiger partial charge in [-0.1, -0.05) is 36.4 Å². The first-order valence-electron chi connectivity index (χ1n) is 13.5. The molecule has 2 aromatic carbocycles. The Morgan fingerprint density at radius 3 is 1.98 bits per heavy atom. The van der Waals surface area contributed by atoms with Crippen LogP contribution in [0.3, 0.4) is 0 Å². The molecule has 1 amide bonds. The van der Waals surface area contributed by atoms with E-state index in [9.17, 15) is 19.5 Å². The quantitative estimate of drug-likeness (QED) is 0.230. The molecule has 2 rings (SSSR count). The van der Waals surface area contributed by atoms with Crippen molar-refractivity contribution in [3.63, 3.8) is 0 Å². The summed E-state index contributed by atoms with van der Waals surface area (Å²) >= 11 is 0. The molecule has 9 nitrogen and oxygen atoms in total. The number of benzene rings is 2. The van der Waals surface area contributed by atoms with Crippen molar-refractivity contribution in [1.82, 2.24) is 16.0 Å². The van der Waals surface area contributed by atoms with Crippen molar-refractivity contribution in [3.05, 3.63) is 59.7 Å². The summed E-state index contributed by atoms with van der Waals surface area (Å²) in [5, 5.41) is 20.2. The fourth-order valence-corrected chi connectivity index (χ4v) is 3.25. The number of esters is 2. The molecule has 0 radical (unpaired) electrons. The summed E-state index contributed by atoms with van der Waals surface area (Å²) in [5.74, 6) is -0.943. The van der Waals surface area contributed by atoms with Crippen LogP contribution in [0.4, 0.5) is 0 Å². The van der Waals surface area contributed by atoms with Gasteiger partial charge in [0.1, 0.15) is 0 Å². The molecule has 0 saturated heterocycles. The zero-order valence-corrected chi connectivity index (χ0v) is 25.0. The first kappa shape index (κ1) is 32.9. The van der Waals surface area contributed by atoms with Crippen molar-refractivity contribution in [1.29, 1.82) is 0 Å². The van der Waals surface area contributed by atoms with Gasteiger partial charge in [0, 0.05) is 25.2 Å². The molecule has 0 fully saturated rings. The van der Waals surface area contributed by atoms with Crippen molar-refractivity contribution >= 4 is 17.8 Å². The first-order chi connectivity index (χ1) is 18.5. The molecule has 9 heteroatoms. The highest BCUT2D eigenvalue weighted by atomic mass is 16.6. The summed E-state index contributed by atoms with van der Waals surface area (Å²) in [6, 6.07) is 14.5. The minimum absolute atomic E-state index is 0.0589. The summed E-state index contributed by atoms with van der Waals surface area (Å²) in [4.78, 5) is 37.4. The van der Waals surface area contributed by atoms with Gasteiger partial charge >= 0.3 is 11.9 Å². The Bertz CT molecular complexity index is 1150. The lowest BCUT2D eigenvalue weighted by Crippen LogP contribution is -2.51. The lowest BCUT2D eigenvalue weighted by atomic mass is 9.97. The fourth-order valence-electron chi connectivity index (χ4n) is 3.25. The van der Waals surface area contributed by atoms with Crippen LogP contribution in [-0.4, -0.2) is 48.1 Å². The third-order valence-corrected chi connectivity index (χ3v) is 5.94. The van der Waals surface area contributed by atoms with Crippen LogP contribution in [0.1, 0.15) is 72.6 Å². The normalized spacial score (nSPS) is 12.9. The second-order valence-corrected chi connectivity index (χ2v) is 12.6. The SMILES string of the molecule is CC(C)(CNC(=O)CNCc1ccccc1)NCC(O)c1ccc(OC(=O)C(C)(C)C)c(OC(=O)C(C)(C)C)c1. The van der Waals surface area contributed by atoms with Crippen LogP contribution in [0, 0.1) is 10.8 Å². The topological polar surface area (TPSA) is 126 Å². The average Bonchev–Trinajstić information content (AvgIpc) is 2.86. The molecule has 220 valence electrons. The van der Waals surface area contributed by atoms with Gasteiger partial charge in [-0.25, -0.2) is 0 Å². The number of amides is 1. The molecule has 1 atom stereocenters. The van der Waals surface area contributed by atoms with Gasteiger partial charge in [-0.3, -0.25) is 14.4 Å². The van der Waals surface area contributed by atoms with Gasteiger partial charge in [-0.15, -0.1) is 0 Å². The van der Waals surface area contributed by atoms with Crippen molar-refractivity contribution in [2.75, 3.05) is 19.6 Å². The molecular formula is C31H45N3O6. The minimum atomic E-state index is -0.957. The highest BCUT2D eigenvalue weighted by Gasteiger charge is 2.29. The molecule has 0 aromatic heterocycles. The Hall–Kier alpha value is -3.27. The molecule has 0 heterocycles. The van der Waals surface area contributed by atoms with Gasteiger partial charge in [0.2, 0.25) is 5.91 Å². The fraction of sp³-hybridized carbons (Fsp3) is 0.516. The molecule has 0 aliphatic rings. The molecule has 0 saturated carbocycles. The number of nitrogens with one attached hydrogen (secondary N) is 3. The van der Waals surface area contributed by atoms with Crippen LogP contribution in [-0.2, 0) is 20.9 Å². The largest absolute Gasteiger partial charge is 0.422 e. The number of rotatable bonds is 12. The molecule has 0 spiro atoms. The summed E-state index contributed by atoms with van der Waals surface area (Å²) in [6.45, 7) is 15.5. The maximum atomic E-state index is 12.6. The van der Waals surface area contributed by atoms with Crippen LogP contribution in [0.5, 0.6) is 11.5 Å². The van der Waals surface area contributed by atoms with Crippen molar-refractivity contribution in [2.24, 2.45) is 10.8 Å². The van der Waals surface area contributed by atoms with Crippen LogP contribution >= 0.6 is 0 Å². The van der Waals surface area contributed by atoms with E-state index in [1.807, 2.05) is 44.2 Å². The standard InChI is InChI=1S/C31H45N3O6/c1-29(2,3)27(37)39-24-15-14-22(16-25(24)40-28(38)30(4,5)6)23(35)18-34-31(7,8)20-33-26(36)19-32-17-21-12-10-9-11-13-21/h9-16,23,32,34-35H,17-20H2,1-8H3,(H,33,36). The van der Waals surface area contributed by atoms with Crippen LogP contribution in [0.2, 0.25) is 0 Å². The number of β-amino-alcohol motifs (C(OH)–C–C–N with tert-alkyl or cyclic N) is 1. The van der Waals surface area contributed by atoms with E-state index in [0.717, 1.165) is 5.56 Å². The number of ether oxygens (including phenoxy) is 2. The van der Waals surface area contributed by atoms with Crippen molar-refractivity contribution in [2.45, 2.75) is 73.6 Å². The van der Waals surface area contributed by atoms with Crippen LogP contribution in [0.25, 0.3) is 0 Å². The molecular weight excluding hydrogens is 510 g/mol. The Kier molecular flexibility index (Phi) is 11.4. The van der Waals surface area contributed by atoms with E-state index in [-0.39, 0.29) is 30.5 Å². The Morgan fingerprint density at radius 2 is 1.40 bits per heavy atom. The minimum Gasteiger partial charge on any atom is -0.422 e. The number of aliphatic hydroxyl groups excluding tert-OH is 1. The van der Waals surface area contributed by atoms with E-state index in [1.165, 1.54) is 12.1 Å². The smallest absolute Gasteiger partial charge is 0.316 e. The van der Waals surface area contributed by atoms with Gasteiger partial charge in [0.25, 0.3) is 0 Å². The second-order valence-electron chi connectivity index (χ2n) is 12.6. The first-order valence-corrected chi connectivity index (χ1v) is 13.5. The second kappa shape index (κ2) is 13.9. The zero-order valence-electron chi connectivity index (χ0n) is 25.0. The molecule has 0 bridgehead atoms. The predicted octanol–water partition coefficient (Wildman–Crippen LogP) is 3.90. The summed E-state index contributed by atoms with van der Waals surface area (Å²) in [6.07, 6.45) is -0.957. The number of carbonyl (C=O) groups is 3. The lowest BCUT2D eigenvalue weighted by molar-refractivity contribution is -0.145. The zero-order chi connectivity index (χ0) is 30.1. The summed E-state index contributed by atoms with van der Waals surface area (Å²) in [5.41, 5.74) is -0.480. The Labute approximate surface area is 238 Å². The summed E-state index contributed by atoms with van der Waals surface area (Å²) in [7, 11) is 0. The van der Waals surface area contributed by atoms with E-state index in [2.05, 4.69) is 16.0 Å². The maximum Gasteiger partial charge on any atom is 0.316 e. The third-order valence-electron chi connectivity index (χ3n) is 5.94. The maximum absolute atomic E-state index is 12.6. The van der Waals surface area contributed by atoms with E-state index in [1.54, 1.807) is 47.6 Å². The predicted molar refractivity (Wildman–Crippen MR) is 155 cm³/mol. The van der Waals surface area contributed by atoms with E-state index < -0.39 is 34.4 Å². The average molecular weight is 556 g/mol. The van der Waals surface area contributed by atoms with E-state index in [0.29, 0.717) is 18.7 Å². The van der Waals surface area contributed by atoms with Crippen LogP contribution < -0.4 is 25.4 Å². The van der Waals surface area contributed by atoms with Gasteiger partial charge in [0.05, 0.1) is 23.5 Å². The number of hydrogen-bond donors (Lipinski definition) is 4. The van der Waals surface area contributed by atoms with Gasteiger partial charge in [-0.2, -0.15) is 0 Å². The molecule has 40 heavy (non-hydrogen) atoms. The van der Waals surface area contributed by atoms with Crippen molar-refractivity contribution in [3.8, 4) is 11.5 Å². The lowest BCUT2D eigenvalue weighted by Gasteiger charge is -2.28. The van der Waals surface area contributed by atoms with E-state index >= 15 is 0 Å². The Balaban J connectivity index is 1.98. The monoisotopic (exact) mass is 555 g/mol. The highest BCUT2D eigenvalue weighted by Crippen LogP contribution is 2.34. The van der Waals surface area contributed by atoms with E-state index in [4.69, 9.17) is 9.47 Å². The number of carbonyl (C=O) groups excluding carboxylic acids is 3. The Morgan fingerprint density at radius 1 is 0.825 bits per heavy atom. The highest BCUT2D eigenvalue weighted by molar-refractivity contribution is 5.81. The number of aliphatic hydroxyl groups is 1. The third kappa shape index (κ3) is 11.1.